The van der Waals surface area contributed by atoms with E-state index >= 15 is 0 Å². The van der Waals surface area contributed by atoms with Gasteiger partial charge in [0.1, 0.15) is 0 Å². The Balaban J connectivity index is 1.65. The van der Waals surface area contributed by atoms with Crippen molar-refractivity contribution in [3.05, 3.63) is 69.2 Å². The van der Waals surface area contributed by atoms with Gasteiger partial charge in [-0.1, -0.05) is 53.5 Å². The van der Waals surface area contributed by atoms with Crippen molar-refractivity contribution in [1.82, 2.24) is 0 Å². The standard InChI is InChI=1S/C18H16Cl2O/c19-11-6-8-13(15(20)9-11)18(21)17-14-7-5-10-3-1-2-4-12(10)16(14)17/h1-4,6,8-9,14,16-18,21H,5,7H2. The van der Waals surface area contributed by atoms with Gasteiger partial charge < -0.3 is 5.11 Å². The van der Waals surface area contributed by atoms with Gasteiger partial charge in [-0.15, -0.1) is 0 Å². The van der Waals surface area contributed by atoms with Gasteiger partial charge in [0.2, 0.25) is 0 Å². The van der Waals surface area contributed by atoms with Gasteiger partial charge in [-0.05, 0) is 59.4 Å². The molecular weight excluding hydrogens is 303 g/mol. The van der Waals surface area contributed by atoms with Gasteiger partial charge in [0.15, 0.2) is 0 Å². The molecule has 0 heterocycles. The normalized spacial score (nSPS) is 27.7. The predicted octanol–water partition coefficient (Wildman–Crippen LogP) is 5.00. The molecule has 0 radical (unpaired) electrons. The first kappa shape index (κ1) is 13.6. The average molecular weight is 319 g/mol. The van der Waals surface area contributed by atoms with Crippen LogP contribution in [0.15, 0.2) is 42.5 Å². The number of hydrogen-bond acceptors (Lipinski definition) is 1. The molecule has 0 amide bonds. The summed E-state index contributed by atoms with van der Waals surface area (Å²) in [5, 5.41) is 11.9. The Morgan fingerprint density at radius 3 is 2.71 bits per heavy atom. The molecule has 0 aliphatic heterocycles. The van der Waals surface area contributed by atoms with Crippen LogP contribution in [0.1, 0.15) is 35.1 Å². The van der Waals surface area contributed by atoms with Crippen molar-refractivity contribution in [3.8, 4) is 0 Å². The molecule has 4 rings (SSSR count). The molecule has 1 N–H and O–H groups in total. The van der Waals surface area contributed by atoms with Gasteiger partial charge >= 0.3 is 0 Å². The third kappa shape index (κ3) is 2.19. The van der Waals surface area contributed by atoms with Crippen LogP contribution in [0.4, 0.5) is 0 Å². The van der Waals surface area contributed by atoms with Crippen molar-refractivity contribution in [3.63, 3.8) is 0 Å². The summed E-state index contributed by atoms with van der Waals surface area (Å²) in [6.45, 7) is 0. The molecule has 3 heteroatoms. The zero-order chi connectivity index (χ0) is 14.6. The smallest absolute Gasteiger partial charge is 0.0841 e. The maximum Gasteiger partial charge on any atom is 0.0841 e. The third-order valence-corrected chi connectivity index (χ3v) is 5.60. The maximum atomic E-state index is 10.8. The van der Waals surface area contributed by atoms with Gasteiger partial charge in [-0.3, -0.25) is 0 Å². The molecule has 1 nitrogen and oxygen atoms in total. The Morgan fingerprint density at radius 1 is 1.10 bits per heavy atom. The van der Waals surface area contributed by atoms with Crippen molar-refractivity contribution in [1.29, 1.82) is 0 Å². The summed E-state index contributed by atoms with van der Waals surface area (Å²) >= 11 is 12.2. The monoisotopic (exact) mass is 318 g/mol. The van der Waals surface area contributed by atoms with Crippen molar-refractivity contribution in [2.45, 2.75) is 24.9 Å². The molecule has 108 valence electrons. The molecule has 4 unspecified atom stereocenters. The highest BCUT2D eigenvalue weighted by molar-refractivity contribution is 6.35. The molecule has 2 aliphatic rings. The molecule has 2 aliphatic carbocycles. The lowest BCUT2D eigenvalue weighted by atomic mass is 9.92. The third-order valence-electron chi connectivity index (χ3n) is 5.04. The number of aliphatic hydroxyl groups excluding tert-OH is 1. The summed E-state index contributed by atoms with van der Waals surface area (Å²) < 4.78 is 0. The van der Waals surface area contributed by atoms with Crippen molar-refractivity contribution < 1.29 is 5.11 Å². The minimum Gasteiger partial charge on any atom is -0.388 e. The van der Waals surface area contributed by atoms with E-state index in [0.717, 1.165) is 18.4 Å². The number of aliphatic hydroxyl groups is 1. The number of benzene rings is 2. The highest BCUT2D eigenvalue weighted by Gasteiger charge is 2.56. The molecule has 0 saturated heterocycles. The minimum absolute atomic E-state index is 0.285. The van der Waals surface area contributed by atoms with E-state index in [2.05, 4.69) is 24.3 Å². The first-order chi connectivity index (χ1) is 10.2. The molecule has 0 bridgehead atoms. The van der Waals surface area contributed by atoms with Crippen LogP contribution >= 0.6 is 23.2 Å². The SMILES string of the molecule is OC(c1ccc(Cl)cc1Cl)C1C2CCc3ccccc3C21. The minimum atomic E-state index is -0.504. The highest BCUT2D eigenvalue weighted by Crippen LogP contribution is 2.64. The lowest BCUT2D eigenvalue weighted by Gasteiger charge is -2.14. The van der Waals surface area contributed by atoms with E-state index < -0.39 is 6.10 Å². The van der Waals surface area contributed by atoms with Crippen molar-refractivity contribution in [2.24, 2.45) is 11.8 Å². The van der Waals surface area contributed by atoms with Crippen LogP contribution in [-0.4, -0.2) is 5.11 Å². The zero-order valence-corrected chi connectivity index (χ0v) is 13.0. The zero-order valence-electron chi connectivity index (χ0n) is 11.5. The Morgan fingerprint density at radius 2 is 1.90 bits per heavy atom. The Kier molecular flexibility index (Phi) is 3.25. The van der Waals surface area contributed by atoms with Crippen molar-refractivity contribution >= 4 is 23.2 Å². The molecule has 0 aromatic heterocycles. The molecule has 0 spiro atoms. The lowest BCUT2D eigenvalue weighted by molar-refractivity contribution is 0.145. The van der Waals surface area contributed by atoms with E-state index in [0.29, 0.717) is 21.9 Å². The molecule has 21 heavy (non-hydrogen) atoms. The van der Waals surface area contributed by atoms with Gasteiger partial charge in [-0.25, -0.2) is 0 Å². The first-order valence-electron chi connectivity index (χ1n) is 7.37. The lowest BCUT2D eigenvalue weighted by Crippen LogP contribution is -2.03. The van der Waals surface area contributed by atoms with E-state index in [9.17, 15) is 5.11 Å². The molecule has 1 saturated carbocycles. The fourth-order valence-corrected chi connectivity index (χ4v) is 4.52. The van der Waals surface area contributed by atoms with Crippen molar-refractivity contribution in [2.75, 3.05) is 0 Å². The predicted molar refractivity (Wildman–Crippen MR) is 85.9 cm³/mol. The summed E-state index contributed by atoms with van der Waals surface area (Å²) in [4.78, 5) is 0. The van der Waals surface area contributed by atoms with Crippen LogP contribution in [0.3, 0.4) is 0 Å². The highest BCUT2D eigenvalue weighted by atomic mass is 35.5. The Bertz CT molecular complexity index is 697. The quantitative estimate of drug-likeness (QED) is 0.825. The fraction of sp³-hybridized carbons (Fsp3) is 0.333. The molecule has 4 atom stereocenters. The summed E-state index contributed by atoms with van der Waals surface area (Å²) in [7, 11) is 0. The Hall–Kier alpha value is -1.02. The summed E-state index contributed by atoms with van der Waals surface area (Å²) in [5.74, 6) is 1.35. The number of aryl methyl sites for hydroxylation is 1. The largest absolute Gasteiger partial charge is 0.388 e. The second-order valence-corrected chi connectivity index (χ2v) is 6.96. The van der Waals surface area contributed by atoms with Crippen LogP contribution < -0.4 is 0 Å². The number of halogens is 2. The Labute approximate surface area is 134 Å². The van der Waals surface area contributed by atoms with E-state index in [-0.39, 0.29) is 5.92 Å². The molecule has 1 fully saturated rings. The van der Waals surface area contributed by atoms with Gasteiger partial charge in [-0.2, -0.15) is 0 Å². The average Bonchev–Trinajstić information content (AvgIpc) is 3.21. The second-order valence-electron chi connectivity index (χ2n) is 6.12. The van der Waals surface area contributed by atoms with Crippen LogP contribution in [0, 0.1) is 11.8 Å². The van der Waals surface area contributed by atoms with E-state index in [1.165, 1.54) is 11.1 Å². The number of fused-ring (bicyclic) bond motifs is 3. The number of hydrogen-bond donors (Lipinski definition) is 1. The summed E-state index contributed by atoms with van der Waals surface area (Å²) in [6.07, 6.45) is 1.78. The van der Waals surface area contributed by atoms with Gasteiger partial charge in [0.05, 0.1) is 6.10 Å². The van der Waals surface area contributed by atoms with E-state index in [4.69, 9.17) is 23.2 Å². The van der Waals surface area contributed by atoms with E-state index in [1.807, 2.05) is 6.07 Å². The van der Waals surface area contributed by atoms with Crippen LogP contribution in [0.25, 0.3) is 0 Å². The van der Waals surface area contributed by atoms with Crippen LogP contribution in [0.5, 0.6) is 0 Å². The number of rotatable bonds is 2. The van der Waals surface area contributed by atoms with Gasteiger partial charge in [0.25, 0.3) is 0 Å². The second kappa shape index (κ2) is 5.01. The van der Waals surface area contributed by atoms with E-state index in [1.54, 1.807) is 12.1 Å². The van der Waals surface area contributed by atoms with Crippen LogP contribution in [-0.2, 0) is 6.42 Å². The first-order valence-corrected chi connectivity index (χ1v) is 8.13. The van der Waals surface area contributed by atoms with Crippen LogP contribution in [0.2, 0.25) is 10.0 Å². The maximum absolute atomic E-state index is 10.8. The topological polar surface area (TPSA) is 20.2 Å². The molecular formula is C18H16Cl2O. The summed E-state index contributed by atoms with van der Waals surface area (Å²) in [5.41, 5.74) is 3.66. The van der Waals surface area contributed by atoms with Gasteiger partial charge in [0, 0.05) is 10.0 Å². The molecule has 2 aromatic rings. The summed E-state index contributed by atoms with van der Waals surface area (Å²) in [6, 6.07) is 14.0. The fourth-order valence-electron chi connectivity index (χ4n) is 4.00. The molecule has 2 aromatic carbocycles.